The number of para-hydroxylation sites is 1. The predicted molar refractivity (Wildman–Crippen MR) is 208 cm³/mol. The molecule has 0 fully saturated rings. The molecule has 0 saturated carbocycles. The van der Waals surface area contributed by atoms with E-state index < -0.39 is 58.2 Å². The number of esters is 1. The number of nitrogens with one attached hydrogen (secondary N) is 1. The number of hydrogen-bond donors (Lipinski definition) is 3. The summed E-state index contributed by atoms with van der Waals surface area (Å²) in [4.78, 5) is 49.6. The van der Waals surface area contributed by atoms with E-state index in [-0.39, 0.29) is 57.0 Å². The first-order valence-corrected chi connectivity index (χ1v) is 17.8. The summed E-state index contributed by atoms with van der Waals surface area (Å²) in [6.07, 6.45) is -6.07. The summed E-state index contributed by atoms with van der Waals surface area (Å²) in [6, 6.07) is 24.1. The zero-order valence-electron chi connectivity index (χ0n) is 30.7. The number of hydrogen-bond acceptors (Lipinski definition) is 10. The molecule has 300 valence electrons. The highest BCUT2D eigenvalue weighted by molar-refractivity contribution is 6.32. The lowest BCUT2D eigenvalue weighted by atomic mass is 10.0. The summed E-state index contributed by atoms with van der Waals surface area (Å²) in [5, 5.41) is 27.7. The zero-order chi connectivity index (χ0) is 42.2. The Bertz CT molecular complexity index is 2860. The number of nitrogens with zero attached hydrogens (tertiary/aromatic N) is 2. The summed E-state index contributed by atoms with van der Waals surface area (Å²) >= 11 is 6.49. The zero-order valence-corrected chi connectivity index (χ0v) is 31.5. The smallest absolute Gasteiger partial charge is 0.417 e. The van der Waals surface area contributed by atoms with Gasteiger partial charge in [0.05, 0.1) is 57.8 Å². The van der Waals surface area contributed by atoms with Crippen molar-refractivity contribution in [3.63, 3.8) is 0 Å². The number of carbonyl (C=O) groups is 3. The number of fused-ring (bicyclic) bond motifs is 2. The number of rotatable bonds is 11. The number of aromatic nitrogens is 2. The Hall–Kier alpha value is -7.33. The highest BCUT2D eigenvalue weighted by atomic mass is 35.5. The molecule has 17 heteroatoms. The number of halogens is 4. The summed E-state index contributed by atoms with van der Waals surface area (Å²) in [5.74, 6) is -3.28. The Kier molecular flexibility index (Phi) is 10.7. The Morgan fingerprint density at radius 2 is 1.58 bits per heavy atom. The number of phenols is 1. The van der Waals surface area contributed by atoms with E-state index in [2.05, 4.69) is 15.2 Å². The Morgan fingerprint density at radius 3 is 2.24 bits per heavy atom. The van der Waals surface area contributed by atoms with Crippen LogP contribution in [0.2, 0.25) is 5.02 Å². The second-order valence-electron chi connectivity index (χ2n) is 12.9. The third kappa shape index (κ3) is 7.98. The Morgan fingerprint density at radius 1 is 0.898 bits per heavy atom. The first kappa shape index (κ1) is 39.9. The molecule has 0 bridgehead atoms. The molecule has 0 aliphatic rings. The first-order chi connectivity index (χ1) is 28.1. The van der Waals surface area contributed by atoms with Gasteiger partial charge >= 0.3 is 23.7 Å². The van der Waals surface area contributed by atoms with Gasteiger partial charge in [0.2, 0.25) is 5.88 Å². The molecule has 13 nitrogen and oxygen atoms in total. The molecule has 0 atom stereocenters. The number of amides is 1. The monoisotopic (exact) mass is 827 g/mol. The number of carboxylic acids is 1. The highest BCUT2D eigenvalue weighted by Gasteiger charge is 2.39. The molecule has 2 aromatic heterocycles. The van der Waals surface area contributed by atoms with E-state index >= 15 is 0 Å². The molecule has 0 aliphatic carbocycles. The number of phenolic OH excluding ortho intramolecular Hbond substituents is 1. The lowest BCUT2D eigenvalue weighted by molar-refractivity contribution is -0.141. The van der Waals surface area contributed by atoms with Crippen molar-refractivity contribution in [1.82, 2.24) is 9.78 Å². The van der Waals surface area contributed by atoms with Gasteiger partial charge < -0.3 is 34.2 Å². The van der Waals surface area contributed by atoms with Gasteiger partial charge in [0, 0.05) is 27.9 Å². The molecule has 3 N–H and O–H groups in total. The maximum atomic E-state index is 14.4. The molecule has 7 aromatic rings. The quantitative estimate of drug-likeness (QED) is 0.0838. The summed E-state index contributed by atoms with van der Waals surface area (Å²) in [5.41, 5.74) is -2.89. The van der Waals surface area contributed by atoms with Crippen molar-refractivity contribution < 1.29 is 56.4 Å². The number of aromatic hydroxyl groups is 1. The van der Waals surface area contributed by atoms with Crippen LogP contribution in [0.15, 0.2) is 106 Å². The van der Waals surface area contributed by atoms with Gasteiger partial charge in [0.1, 0.15) is 29.4 Å². The molecule has 5 aromatic carbocycles. The number of methoxy groups -OCH3 is 1. The average molecular weight is 828 g/mol. The maximum Gasteiger partial charge on any atom is 0.417 e. The second-order valence-corrected chi connectivity index (χ2v) is 13.3. The van der Waals surface area contributed by atoms with Crippen LogP contribution in [0.5, 0.6) is 23.1 Å². The minimum atomic E-state index is -5.08. The molecule has 1 amide bonds. The number of aromatic carboxylic acids is 1. The Balaban J connectivity index is 1.29. The molecule has 0 saturated heterocycles. The standard InChI is InChI=1S/C42H29ClF3N3O10/c1-21-30(20-57-34-19-33-27(16-31(34)43)36(42(44,45)46)28(41(55)59-33)18-35(50)56-2)39(49(48-21)24-8-4-3-5-9-24)58-32-17-29(37(51)26-11-7-6-10-25(26)32)38(52)47-23-14-12-22(13-15-23)40(53)54/h3-17,19,51H,18,20H2,1-2H3,(H,47,52)(H,53,54). The van der Waals surface area contributed by atoms with E-state index in [0.717, 1.165) is 19.2 Å². The molecule has 0 radical (unpaired) electrons. The van der Waals surface area contributed by atoms with E-state index in [0.29, 0.717) is 22.3 Å². The van der Waals surface area contributed by atoms with Crippen LogP contribution in [-0.4, -0.2) is 44.9 Å². The summed E-state index contributed by atoms with van der Waals surface area (Å²) in [6.45, 7) is 1.32. The van der Waals surface area contributed by atoms with Crippen LogP contribution in [0.4, 0.5) is 18.9 Å². The second kappa shape index (κ2) is 15.9. The molecule has 0 spiro atoms. The van der Waals surface area contributed by atoms with Crippen molar-refractivity contribution >= 4 is 56.9 Å². The minimum absolute atomic E-state index is 0.00784. The van der Waals surface area contributed by atoms with Crippen LogP contribution in [0.1, 0.15) is 43.1 Å². The SMILES string of the molecule is COC(=O)Cc1c(C(F)(F)F)c2cc(Cl)c(OCc3c(C)nn(-c4ccccc4)c3Oc3cc(C(=O)Nc4ccc(C(=O)O)cc4)c(O)c4ccccc34)cc2oc1=O. The molecular formula is C42H29ClF3N3O10. The largest absolute Gasteiger partial charge is 0.506 e. The summed E-state index contributed by atoms with van der Waals surface area (Å²) < 4.78 is 66.9. The van der Waals surface area contributed by atoms with Crippen LogP contribution in [0.3, 0.4) is 0 Å². The molecule has 0 aliphatic heterocycles. The van der Waals surface area contributed by atoms with Crippen molar-refractivity contribution in [3.8, 4) is 28.8 Å². The van der Waals surface area contributed by atoms with Gasteiger partial charge in [0.15, 0.2) is 0 Å². The molecule has 7 rings (SSSR count). The van der Waals surface area contributed by atoms with Crippen molar-refractivity contribution in [2.24, 2.45) is 0 Å². The predicted octanol–water partition coefficient (Wildman–Crippen LogP) is 8.86. The van der Waals surface area contributed by atoms with Crippen molar-refractivity contribution in [3.05, 3.63) is 146 Å². The van der Waals surface area contributed by atoms with Crippen LogP contribution in [0, 0.1) is 6.92 Å². The van der Waals surface area contributed by atoms with E-state index in [9.17, 15) is 42.6 Å². The van der Waals surface area contributed by atoms with Crippen LogP contribution < -0.4 is 20.4 Å². The number of aryl methyl sites for hydroxylation is 1. The normalized spacial score (nSPS) is 11.4. The fraction of sp³-hybridized carbons (Fsp3) is 0.119. The van der Waals surface area contributed by atoms with Gasteiger partial charge in [-0.05, 0) is 55.5 Å². The average Bonchev–Trinajstić information content (AvgIpc) is 3.52. The lowest BCUT2D eigenvalue weighted by Gasteiger charge is -2.17. The van der Waals surface area contributed by atoms with Gasteiger partial charge in [-0.1, -0.05) is 54.1 Å². The minimum Gasteiger partial charge on any atom is -0.506 e. The molecule has 59 heavy (non-hydrogen) atoms. The Labute approximate surface area is 335 Å². The summed E-state index contributed by atoms with van der Waals surface area (Å²) in [7, 11) is 0.970. The number of carbonyl (C=O) groups excluding carboxylic acids is 2. The van der Waals surface area contributed by atoms with E-state index in [1.54, 1.807) is 61.5 Å². The topological polar surface area (TPSA) is 179 Å². The van der Waals surface area contributed by atoms with Crippen molar-refractivity contribution in [2.75, 3.05) is 12.4 Å². The van der Waals surface area contributed by atoms with E-state index in [1.165, 1.54) is 35.0 Å². The number of anilines is 1. The molecule has 0 unspecified atom stereocenters. The molecular weight excluding hydrogens is 799 g/mol. The number of ether oxygens (including phenoxy) is 3. The third-order valence-corrected chi connectivity index (χ3v) is 9.51. The maximum absolute atomic E-state index is 14.4. The first-order valence-electron chi connectivity index (χ1n) is 17.4. The van der Waals surface area contributed by atoms with Gasteiger partial charge in [0.25, 0.3) is 5.91 Å². The van der Waals surface area contributed by atoms with Crippen molar-refractivity contribution in [2.45, 2.75) is 26.1 Å². The van der Waals surface area contributed by atoms with E-state index in [4.69, 9.17) is 25.5 Å². The third-order valence-electron chi connectivity index (χ3n) is 9.22. The number of benzene rings is 5. The van der Waals surface area contributed by atoms with E-state index in [1.807, 2.05) is 0 Å². The van der Waals surface area contributed by atoms with Crippen LogP contribution >= 0.6 is 11.6 Å². The highest BCUT2D eigenvalue weighted by Crippen LogP contribution is 2.42. The van der Waals surface area contributed by atoms with Crippen molar-refractivity contribution in [1.29, 1.82) is 0 Å². The fourth-order valence-electron chi connectivity index (χ4n) is 6.34. The van der Waals surface area contributed by atoms with Gasteiger partial charge in [-0.3, -0.25) is 9.59 Å². The fourth-order valence-corrected chi connectivity index (χ4v) is 6.56. The van der Waals surface area contributed by atoms with Gasteiger partial charge in [-0.15, -0.1) is 0 Å². The van der Waals surface area contributed by atoms with Crippen LogP contribution in [0.25, 0.3) is 27.4 Å². The number of alkyl halides is 3. The molecule has 2 heterocycles. The van der Waals surface area contributed by atoms with Crippen LogP contribution in [-0.2, 0) is 28.7 Å². The lowest BCUT2D eigenvalue weighted by Crippen LogP contribution is -2.22. The van der Waals surface area contributed by atoms with Gasteiger partial charge in [-0.2, -0.15) is 18.3 Å². The number of carboxylic acid groups (broad SMARTS) is 1. The van der Waals surface area contributed by atoms with Gasteiger partial charge in [-0.25, -0.2) is 14.3 Å².